The molecule has 0 aliphatic carbocycles. The topological polar surface area (TPSA) is 77.1 Å². The number of amides is 1. The standard InChI is InChI=1S/C14H20N2O5/c1-16(2)9-6-7-10(11(8-9)19-3)12(13(17)20-4)15-14(18)21-5/h6-8,12H,1-5H3,(H,15,18)/t12-/m0/s1. The minimum absolute atomic E-state index is 0.466. The molecule has 21 heavy (non-hydrogen) atoms. The Hall–Kier alpha value is -2.44. The van der Waals surface area contributed by atoms with Crippen LogP contribution in [0.25, 0.3) is 0 Å². The fraction of sp³-hybridized carbons (Fsp3) is 0.429. The normalized spacial score (nSPS) is 11.3. The number of methoxy groups -OCH3 is 3. The minimum Gasteiger partial charge on any atom is -0.496 e. The number of hydrogen-bond donors (Lipinski definition) is 1. The second-order valence-corrected chi connectivity index (χ2v) is 4.41. The molecule has 7 heteroatoms. The molecular weight excluding hydrogens is 276 g/mol. The van der Waals surface area contributed by atoms with E-state index in [1.807, 2.05) is 25.1 Å². The summed E-state index contributed by atoms with van der Waals surface area (Å²) in [6.45, 7) is 0. The monoisotopic (exact) mass is 296 g/mol. The highest BCUT2D eigenvalue weighted by molar-refractivity contribution is 5.83. The van der Waals surface area contributed by atoms with E-state index in [2.05, 4.69) is 10.1 Å². The van der Waals surface area contributed by atoms with E-state index in [9.17, 15) is 9.59 Å². The number of carbonyl (C=O) groups excluding carboxylic acids is 2. The van der Waals surface area contributed by atoms with Crippen molar-refractivity contribution in [2.24, 2.45) is 0 Å². The fourth-order valence-electron chi connectivity index (χ4n) is 1.77. The van der Waals surface area contributed by atoms with Gasteiger partial charge in [-0.1, -0.05) is 6.07 Å². The molecule has 1 aromatic rings. The van der Waals surface area contributed by atoms with Gasteiger partial charge in [-0.2, -0.15) is 0 Å². The Morgan fingerprint density at radius 2 is 1.81 bits per heavy atom. The van der Waals surface area contributed by atoms with Gasteiger partial charge in [-0.25, -0.2) is 9.59 Å². The molecule has 1 N–H and O–H groups in total. The van der Waals surface area contributed by atoms with Crippen LogP contribution in [0, 0.1) is 0 Å². The van der Waals surface area contributed by atoms with Gasteiger partial charge in [0.25, 0.3) is 0 Å². The van der Waals surface area contributed by atoms with Gasteiger partial charge >= 0.3 is 12.1 Å². The first kappa shape index (κ1) is 16.6. The second-order valence-electron chi connectivity index (χ2n) is 4.41. The molecule has 0 unspecified atom stereocenters. The lowest BCUT2D eigenvalue weighted by molar-refractivity contribution is -0.143. The highest BCUT2D eigenvalue weighted by atomic mass is 16.5. The Bertz CT molecular complexity index is 516. The highest BCUT2D eigenvalue weighted by Crippen LogP contribution is 2.30. The van der Waals surface area contributed by atoms with Crippen molar-refractivity contribution in [3.8, 4) is 5.75 Å². The maximum atomic E-state index is 11.9. The summed E-state index contributed by atoms with van der Waals surface area (Å²) in [4.78, 5) is 25.2. The van der Waals surface area contributed by atoms with Gasteiger partial charge in [0.1, 0.15) is 5.75 Å². The summed E-state index contributed by atoms with van der Waals surface area (Å²) < 4.78 is 14.5. The first-order valence-electron chi connectivity index (χ1n) is 6.22. The SMILES string of the molecule is COC(=O)N[C@H](C(=O)OC)c1ccc(N(C)C)cc1OC. The smallest absolute Gasteiger partial charge is 0.407 e. The van der Waals surface area contributed by atoms with Crippen LogP contribution in [0.3, 0.4) is 0 Å². The third-order valence-corrected chi connectivity index (χ3v) is 2.93. The van der Waals surface area contributed by atoms with Crippen molar-refractivity contribution in [1.82, 2.24) is 5.32 Å². The number of hydrogen-bond acceptors (Lipinski definition) is 6. The molecule has 0 bridgehead atoms. The van der Waals surface area contributed by atoms with Gasteiger partial charge in [0, 0.05) is 31.4 Å². The highest BCUT2D eigenvalue weighted by Gasteiger charge is 2.27. The van der Waals surface area contributed by atoms with Crippen molar-refractivity contribution in [3.05, 3.63) is 23.8 Å². The first-order valence-corrected chi connectivity index (χ1v) is 6.22. The van der Waals surface area contributed by atoms with Gasteiger partial charge in [-0.05, 0) is 6.07 Å². The van der Waals surface area contributed by atoms with E-state index in [0.717, 1.165) is 5.69 Å². The van der Waals surface area contributed by atoms with E-state index in [-0.39, 0.29) is 0 Å². The van der Waals surface area contributed by atoms with Crippen LogP contribution in [-0.2, 0) is 14.3 Å². The lowest BCUT2D eigenvalue weighted by atomic mass is 10.0. The van der Waals surface area contributed by atoms with Gasteiger partial charge in [0.15, 0.2) is 6.04 Å². The number of carbonyl (C=O) groups is 2. The van der Waals surface area contributed by atoms with Gasteiger partial charge in [-0.3, -0.25) is 0 Å². The summed E-state index contributed by atoms with van der Waals surface area (Å²) in [7, 11) is 7.73. The second kappa shape index (κ2) is 7.37. The van der Waals surface area contributed by atoms with Crippen LogP contribution in [0.5, 0.6) is 5.75 Å². The number of benzene rings is 1. The predicted molar refractivity (Wildman–Crippen MR) is 77.6 cm³/mol. The number of anilines is 1. The molecule has 0 saturated carbocycles. The molecule has 0 heterocycles. The number of rotatable bonds is 5. The van der Waals surface area contributed by atoms with Crippen molar-refractivity contribution >= 4 is 17.7 Å². The molecule has 0 fully saturated rings. The van der Waals surface area contributed by atoms with Gasteiger partial charge in [-0.15, -0.1) is 0 Å². The average molecular weight is 296 g/mol. The number of nitrogens with zero attached hydrogens (tertiary/aromatic N) is 1. The van der Waals surface area contributed by atoms with Crippen LogP contribution in [0.2, 0.25) is 0 Å². The molecular formula is C14H20N2O5. The Kier molecular flexibility index (Phi) is 5.83. The van der Waals surface area contributed by atoms with Gasteiger partial charge < -0.3 is 24.4 Å². The van der Waals surface area contributed by atoms with Crippen LogP contribution in [0.1, 0.15) is 11.6 Å². The number of ether oxygens (including phenoxy) is 3. The zero-order chi connectivity index (χ0) is 16.0. The molecule has 0 aliphatic heterocycles. The Morgan fingerprint density at radius 3 is 2.29 bits per heavy atom. The molecule has 1 atom stereocenters. The molecule has 7 nitrogen and oxygen atoms in total. The minimum atomic E-state index is -1.01. The zero-order valence-electron chi connectivity index (χ0n) is 12.8. The summed E-state index contributed by atoms with van der Waals surface area (Å²) >= 11 is 0. The fourth-order valence-corrected chi connectivity index (χ4v) is 1.77. The molecule has 1 aromatic carbocycles. The third-order valence-electron chi connectivity index (χ3n) is 2.93. The predicted octanol–water partition coefficient (Wildman–Crippen LogP) is 1.33. The van der Waals surface area contributed by atoms with Crippen molar-refractivity contribution in [1.29, 1.82) is 0 Å². The van der Waals surface area contributed by atoms with E-state index >= 15 is 0 Å². The van der Waals surface area contributed by atoms with Crippen LogP contribution in [0.4, 0.5) is 10.5 Å². The molecule has 0 aromatic heterocycles. The van der Waals surface area contributed by atoms with E-state index in [4.69, 9.17) is 9.47 Å². The van der Waals surface area contributed by atoms with Crippen molar-refractivity contribution < 1.29 is 23.8 Å². The van der Waals surface area contributed by atoms with E-state index in [0.29, 0.717) is 11.3 Å². The molecule has 0 saturated heterocycles. The summed E-state index contributed by atoms with van der Waals surface area (Å²) in [5.41, 5.74) is 1.39. The number of alkyl carbamates (subject to hydrolysis) is 1. The summed E-state index contributed by atoms with van der Waals surface area (Å²) in [5.74, 6) is -0.149. The van der Waals surface area contributed by atoms with E-state index < -0.39 is 18.1 Å². The largest absolute Gasteiger partial charge is 0.496 e. The van der Waals surface area contributed by atoms with Gasteiger partial charge in [0.2, 0.25) is 0 Å². The molecule has 0 aliphatic rings. The van der Waals surface area contributed by atoms with E-state index in [1.54, 1.807) is 12.1 Å². The van der Waals surface area contributed by atoms with Crippen LogP contribution >= 0.6 is 0 Å². The van der Waals surface area contributed by atoms with Crippen LogP contribution in [0.15, 0.2) is 18.2 Å². The third kappa shape index (κ3) is 4.01. The molecule has 1 rings (SSSR count). The average Bonchev–Trinajstić information content (AvgIpc) is 2.50. The van der Waals surface area contributed by atoms with Crippen LogP contribution < -0.4 is 15.0 Å². The first-order chi connectivity index (χ1) is 9.94. The maximum Gasteiger partial charge on any atom is 0.407 e. The van der Waals surface area contributed by atoms with Crippen molar-refractivity contribution in [3.63, 3.8) is 0 Å². The number of esters is 1. The Morgan fingerprint density at radius 1 is 1.14 bits per heavy atom. The molecule has 116 valence electrons. The van der Waals surface area contributed by atoms with Crippen molar-refractivity contribution in [2.45, 2.75) is 6.04 Å². The van der Waals surface area contributed by atoms with E-state index in [1.165, 1.54) is 21.3 Å². The molecule has 1 amide bonds. The van der Waals surface area contributed by atoms with Crippen LogP contribution in [-0.4, -0.2) is 47.5 Å². The lowest BCUT2D eigenvalue weighted by Gasteiger charge is -2.21. The molecule has 0 radical (unpaired) electrons. The Balaban J connectivity index is 3.23. The summed E-state index contributed by atoms with van der Waals surface area (Å²) in [5, 5.41) is 2.43. The number of nitrogens with one attached hydrogen (secondary N) is 1. The lowest BCUT2D eigenvalue weighted by Crippen LogP contribution is -2.34. The summed E-state index contributed by atoms with van der Waals surface area (Å²) in [6.07, 6.45) is -0.732. The molecule has 0 spiro atoms. The van der Waals surface area contributed by atoms with Gasteiger partial charge in [0.05, 0.1) is 21.3 Å². The van der Waals surface area contributed by atoms with Crippen molar-refractivity contribution in [2.75, 3.05) is 40.3 Å². The Labute approximate surface area is 123 Å². The quantitative estimate of drug-likeness (QED) is 0.826. The summed E-state index contributed by atoms with van der Waals surface area (Å²) in [6, 6.07) is 4.27. The zero-order valence-corrected chi connectivity index (χ0v) is 12.8. The maximum absolute atomic E-state index is 11.9.